The first kappa shape index (κ1) is 14.9. The molecule has 1 aliphatic heterocycles. The van der Waals surface area contributed by atoms with Gasteiger partial charge in [0.2, 0.25) is 0 Å². The molecule has 0 aromatic carbocycles. The maximum Gasteiger partial charge on any atom is 0.417 e. The average Bonchev–Trinajstić information content (AvgIpc) is 2.70. The smallest absolute Gasteiger partial charge is 0.295 e. The molecule has 20 heavy (non-hydrogen) atoms. The van der Waals surface area contributed by atoms with Crippen LogP contribution in [0.1, 0.15) is 5.56 Å². The van der Waals surface area contributed by atoms with E-state index in [0.29, 0.717) is 6.20 Å². The summed E-state index contributed by atoms with van der Waals surface area (Å²) in [6.07, 6.45) is -2.86. The van der Waals surface area contributed by atoms with Gasteiger partial charge in [-0.15, -0.1) is 0 Å². The van der Waals surface area contributed by atoms with Gasteiger partial charge in [-0.2, -0.15) is 13.2 Å². The fourth-order valence-corrected chi connectivity index (χ4v) is 2.55. The fraction of sp³-hybridized carbons (Fsp3) is 0.222. The Kier molecular flexibility index (Phi) is 3.56. The van der Waals surface area contributed by atoms with Crippen LogP contribution in [0.5, 0.6) is 0 Å². The summed E-state index contributed by atoms with van der Waals surface area (Å²) in [5, 5.41) is 4.65. The van der Waals surface area contributed by atoms with Crippen molar-refractivity contribution in [1.82, 2.24) is 9.40 Å². The van der Waals surface area contributed by atoms with Crippen LogP contribution in [0.15, 0.2) is 29.6 Å². The van der Waals surface area contributed by atoms with Crippen molar-refractivity contribution in [3.63, 3.8) is 0 Å². The Labute approximate surface area is 117 Å². The normalized spacial score (nSPS) is 16.6. The van der Waals surface area contributed by atoms with Crippen molar-refractivity contribution in [2.24, 2.45) is 5.14 Å². The number of aromatic nitrogens is 1. The molecule has 1 aromatic heterocycles. The number of sulfonamides is 1. The summed E-state index contributed by atoms with van der Waals surface area (Å²) in [6.45, 7) is -0.105. The molecule has 0 bridgehead atoms. The number of primary sulfonamides is 1. The van der Waals surface area contributed by atoms with Gasteiger partial charge in [0.25, 0.3) is 10.0 Å². The minimum Gasteiger partial charge on any atom is -0.295 e. The molecule has 0 fully saturated rings. The molecule has 11 heteroatoms. The first-order valence-corrected chi connectivity index (χ1v) is 6.95. The number of anilines is 1. The molecule has 2 N–H and O–H groups in total. The summed E-state index contributed by atoms with van der Waals surface area (Å²) in [5.41, 5.74) is -0.940. The van der Waals surface area contributed by atoms with Gasteiger partial charge in [0, 0.05) is 18.0 Å². The van der Waals surface area contributed by atoms with E-state index < -0.39 is 21.8 Å². The second kappa shape index (κ2) is 4.79. The monoisotopic (exact) mass is 328 g/mol. The highest BCUT2D eigenvalue weighted by atomic mass is 35.5. The predicted molar refractivity (Wildman–Crippen MR) is 65.5 cm³/mol. The number of hydrogen-bond acceptors (Lipinski definition) is 5. The lowest BCUT2D eigenvalue weighted by Gasteiger charge is -2.19. The van der Waals surface area contributed by atoms with Gasteiger partial charge in [-0.3, -0.25) is 9.32 Å². The van der Waals surface area contributed by atoms with E-state index in [1.165, 1.54) is 0 Å². The van der Waals surface area contributed by atoms with Crippen molar-refractivity contribution in [3.05, 3.63) is 35.1 Å². The lowest BCUT2D eigenvalue weighted by atomic mass is 10.3. The Morgan fingerprint density at radius 1 is 1.35 bits per heavy atom. The number of hydrogen-bond donors (Lipinski definition) is 1. The van der Waals surface area contributed by atoms with Crippen LogP contribution in [0.3, 0.4) is 0 Å². The van der Waals surface area contributed by atoms with E-state index in [1.54, 1.807) is 0 Å². The van der Waals surface area contributed by atoms with Gasteiger partial charge in [-0.1, -0.05) is 0 Å². The van der Waals surface area contributed by atoms with Crippen molar-refractivity contribution in [2.45, 2.75) is 6.18 Å². The summed E-state index contributed by atoms with van der Waals surface area (Å²) in [7, 11) is -4.07. The molecule has 0 aliphatic carbocycles. The molecular weight excluding hydrogens is 321 g/mol. The lowest BCUT2D eigenvalue weighted by Crippen LogP contribution is -2.30. The minimum absolute atomic E-state index is 0.0126. The SMILES string of the molecule is NS(=O)(=O)C1=CN(Cl)CN1c1ccc(C(F)(F)F)cn1. The molecule has 0 saturated carbocycles. The summed E-state index contributed by atoms with van der Waals surface area (Å²) in [4.78, 5) is 4.67. The third-order valence-electron chi connectivity index (χ3n) is 2.44. The number of nitrogens with zero attached hydrogens (tertiary/aromatic N) is 3. The van der Waals surface area contributed by atoms with Gasteiger partial charge in [-0.05, 0) is 12.1 Å². The number of rotatable bonds is 2. The molecule has 1 aliphatic rings. The van der Waals surface area contributed by atoms with Crippen molar-refractivity contribution in [3.8, 4) is 0 Å². The van der Waals surface area contributed by atoms with Crippen LogP contribution in [0, 0.1) is 0 Å². The largest absolute Gasteiger partial charge is 0.417 e. The van der Waals surface area contributed by atoms with E-state index in [0.717, 1.165) is 27.7 Å². The van der Waals surface area contributed by atoms with E-state index in [1.807, 2.05) is 0 Å². The molecule has 0 atom stereocenters. The van der Waals surface area contributed by atoms with Crippen LogP contribution in [-0.4, -0.2) is 24.5 Å². The van der Waals surface area contributed by atoms with Gasteiger partial charge < -0.3 is 0 Å². The van der Waals surface area contributed by atoms with E-state index >= 15 is 0 Å². The molecule has 0 unspecified atom stereocenters. The van der Waals surface area contributed by atoms with Crippen LogP contribution in [0.25, 0.3) is 0 Å². The van der Waals surface area contributed by atoms with Crippen LogP contribution >= 0.6 is 11.8 Å². The van der Waals surface area contributed by atoms with E-state index in [-0.39, 0.29) is 17.5 Å². The average molecular weight is 329 g/mol. The second-order valence-electron chi connectivity index (χ2n) is 3.88. The van der Waals surface area contributed by atoms with Crippen molar-refractivity contribution in [1.29, 1.82) is 0 Å². The minimum atomic E-state index is -4.52. The molecule has 6 nitrogen and oxygen atoms in total. The molecule has 0 spiro atoms. The summed E-state index contributed by atoms with van der Waals surface area (Å²) in [5.74, 6) is -0.0126. The van der Waals surface area contributed by atoms with Gasteiger partial charge >= 0.3 is 6.18 Å². The second-order valence-corrected chi connectivity index (χ2v) is 5.83. The number of nitrogens with two attached hydrogens (primary N) is 1. The molecule has 2 rings (SSSR count). The predicted octanol–water partition coefficient (Wildman–Crippen LogP) is 1.42. The van der Waals surface area contributed by atoms with Gasteiger partial charge in [-0.25, -0.2) is 18.5 Å². The van der Waals surface area contributed by atoms with Crippen LogP contribution in [0.4, 0.5) is 19.0 Å². The molecule has 2 heterocycles. The third-order valence-corrected chi connectivity index (χ3v) is 3.55. The molecule has 0 radical (unpaired) electrons. The van der Waals surface area contributed by atoms with Gasteiger partial charge in [0.05, 0.1) is 11.8 Å². The molecule has 0 amide bonds. The van der Waals surface area contributed by atoms with Crippen LogP contribution in [0.2, 0.25) is 0 Å². The molecule has 0 saturated heterocycles. The van der Waals surface area contributed by atoms with Crippen molar-refractivity contribution in [2.75, 3.05) is 11.6 Å². The van der Waals surface area contributed by atoms with E-state index in [9.17, 15) is 21.6 Å². The highest BCUT2D eigenvalue weighted by molar-refractivity contribution is 7.93. The first-order valence-electron chi connectivity index (χ1n) is 5.07. The topological polar surface area (TPSA) is 79.5 Å². The lowest BCUT2D eigenvalue weighted by molar-refractivity contribution is -0.137. The Bertz CT molecular complexity index is 644. The van der Waals surface area contributed by atoms with Crippen LogP contribution < -0.4 is 10.0 Å². The standard InChI is InChI=1S/C9H8ClF3N4O2S/c10-16-4-8(20(14,18)19)17(5-16)7-2-1-6(3-15-7)9(11,12)13/h1-4H,5H2,(H2,14,18,19). The zero-order valence-electron chi connectivity index (χ0n) is 9.67. The zero-order valence-corrected chi connectivity index (χ0v) is 11.2. The maximum absolute atomic E-state index is 12.4. The van der Waals surface area contributed by atoms with Gasteiger partial charge in [0.15, 0.2) is 5.03 Å². The Balaban J connectivity index is 2.35. The van der Waals surface area contributed by atoms with E-state index in [4.69, 9.17) is 16.9 Å². The summed E-state index contributed by atoms with van der Waals surface area (Å²) >= 11 is 5.65. The quantitative estimate of drug-likeness (QED) is 0.831. The number of pyridine rings is 1. The summed E-state index contributed by atoms with van der Waals surface area (Å²) in [6, 6.07) is 1.83. The van der Waals surface area contributed by atoms with E-state index in [2.05, 4.69) is 4.98 Å². The highest BCUT2D eigenvalue weighted by Crippen LogP contribution is 2.31. The van der Waals surface area contributed by atoms with Crippen LogP contribution in [-0.2, 0) is 16.2 Å². The fourth-order valence-electron chi connectivity index (χ4n) is 1.56. The van der Waals surface area contributed by atoms with Crippen molar-refractivity contribution < 1.29 is 21.6 Å². The van der Waals surface area contributed by atoms with Crippen molar-refractivity contribution >= 4 is 27.6 Å². The molecular formula is C9H8ClF3N4O2S. The Morgan fingerprint density at radius 3 is 2.45 bits per heavy atom. The first-order chi connectivity index (χ1) is 9.09. The highest BCUT2D eigenvalue weighted by Gasteiger charge is 2.33. The van der Waals surface area contributed by atoms with Gasteiger partial charge in [0.1, 0.15) is 12.5 Å². The summed E-state index contributed by atoms with van der Waals surface area (Å²) < 4.78 is 61.0. The maximum atomic E-state index is 12.4. The Morgan fingerprint density at radius 2 is 2.00 bits per heavy atom. The number of alkyl halides is 3. The number of halogens is 4. The Hall–Kier alpha value is -1.52. The molecule has 110 valence electrons. The zero-order chi connectivity index (χ0) is 15.1. The third kappa shape index (κ3) is 2.97. The molecule has 1 aromatic rings.